The Morgan fingerprint density at radius 3 is 2.56 bits per heavy atom. The van der Waals surface area contributed by atoms with Crippen LogP contribution in [0.15, 0.2) is 64.9 Å². The zero-order valence-electron chi connectivity index (χ0n) is 14.0. The molecule has 4 aromatic rings. The van der Waals surface area contributed by atoms with Crippen molar-refractivity contribution in [3.63, 3.8) is 0 Å². The molecule has 0 spiro atoms. The van der Waals surface area contributed by atoms with Gasteiger partial charge in [-0.2, -0.15) is 0 Å². The third-order valence-electron chi connectivity index (χ3n) is 4.30. The number of aromatic carboxylic acids is 1. The molecule has 1 aromatic carbocycles. The Kier molecular flexibility index (Phi) is 4.21. The molecule has 0 saturated carbocycles. The van der Waals surface area contributed by atoms with Crippen LogP contribution in [0.2, 0.25) is 0 Å². The second-order valence-corrected chi connectivity index (χ2v) is 6.89. The molecule has 0 unspecified atom stereocenters. The highest BCUT2D eigenvalue weighted by Gasteiger charge is 2.22. The smallest absolute Gasteiger partial charge is 0.341 e. The van der Waals surface area contributed by atoms with Crippen LogP contribution in [0.4, 0.5) is 0 Å². The molecule has 3 aromatic heterocycles. The van der Waals surface area contributed by atoms with Crippen molar-refractivity contribution in [3.05, 3.63) is 81.6 Å². The van der Waals surface area contributed by atoms with E-state index < -0.39 is 17.3 Å². The molecule has 6 nitrogen and oxygen atoms in total. The largest absolute Gasteiger partial charge is 0.502 e. The van der Waals surface area contributed by atoms with Crippen molar-refractivity contribution in [2.24, 2.45) is 0 Å². The van der Waals surface area contributed by atoms with Crippen molar-refractivity contribution in [1.82, 2.24) is 9.55 Å². The van der Waals surface area contributed by atoms with Crippen LogP contribution in [0.1, 0.15) is 15.9 Å². The number of thiophene rings is 1. The van der Waals surface area contributed by atoms with Gasteiger partial charge in [0.15, 0.2) is 5.75 Å². The summed E-state index contributed by atoms with van der Waals surface area (Å²) in [7, 11) is 0. The van der Waals surface area contributed by atoms with Gasteiger partial charge in [-0.15, -0.1) is 11.3 Å². The van der Waals surface area contributed by atoms with Gasteiger partial charge in [0.25, 0.3) is 5.56 Å². The summed E-state index contributed by atoms with van der Waals surface area (Å²) in [5.74, 6) is -2.07. The zero-order valence-corrected chi connectivity index (χ0v) is 14.8. The van der Waals surface area contributed by atoms with Crippen LogP contribution in [0.5, 0.6) is 5.75 Å². The maximum absolute atomic E-state index is 12.5. The summed E-state index contributed by atoms with van der Waals surface area (Å²) < 4.78 is 1.74. The lowest BCUT2D eigenvalue weighted by Crippen LogP contribution is -2.22. The van der Waals surface area contributed by atoms with Crippen LogP contribution >= 0.6 is 11.3 Å². The molecular weight excluding hydrogens is 364 g/mol. The van der Waals surface area contributed by atoms with Crippen LogP contribution in [0.25, 0.3) is 21.5 Å². The second-order valence-electron chi connectivity index (χ2n) is 5.97. The number of aromatic hydroxyl groups is 1. The first-order valence-electron chi connectivity index (χ1n) is 8.13. The fourth-order valence-corrected chi connectivity index (χ4v) is 3.92. The number of benzene rings is 1. The lowest BCUT2D eigenvalue weighted by atomic mass is 10.1. The third-order valence-corrected chi connectivity index (χ3v) is 5.22. The third kappa shape index (κ3) is 2.98. The Hall–Kier alpha value is -3.45. The monoisotopic (exact) mass is 378 g/mol. The summed E-state index contributed by atoms with van der Waals surface area (Å²) in [5.41, 5.74) is 1.98. The lowest BCUT2D eigenvalue weighted by molar-refractivity contribution is 0.0695. The van der Waals surface area contributed by atoms with Gasteiger partial charge in [-0.05, 0) is 23.1 Å². The van der Waals surface area contributed by atoms with Gasteiger partial charge in [0.05, 0.1) is 22.5 Å². The molecule has 0 aliphatic rings. The highest BCUT2D eigenvalue weighted by atomic mass is 32.1. The molecule has 0 aliphatic carbocycles. The Bertz CT molecular complexity index is 1190. The molecule has 2 N–H and O–H groups in total. The zero-order chi connectivity index (χ0) is 19.0. The highest BCUT2D eigenvalue weighted by molar-refractivity contribution is 7.17. The quantitative estimate of drug-likeness (QED) is 0.566. The Labute approximate surface area is 157 Å². The topological polar surface area (TPSA) is 92.4 Å². The van der Waals surface area contributed by atoms with Gasteiger partial charge in [-0.3, -0.25) is 14.3 Å². The molecule has 4 rings (SSSR count). The number of carboxylic acids is 1. The first-order chi connectivity index (χ1) is 13.1. The SMILES string of the molecule is O=C(O)c1c(O)c(=O)n(Cc2ccc(-c3ccccc3)nc2)c2ccsc12. The number of hydrogen-bond donors (Lipinski definition) is 2. The molecule has 0 fully saturated rings. The van der Waals surface area contributed by atoms with E-state index in [4.69, 9.17) is 0 Å². The molecule has 0 radical (unpaired) electrons. The summed E-state index contributed by atoms with van der Waals surface area (Å²) in [6.07, 6.45) is 1.68. The fourth-order valence-electron chi connectivity index (χ4n) is 2.99. The van der Waals surface area contributed by atoms with E-state index in [1.54, 1.807) is 17.6 Å². The van der Waals surface area contributed by atoms with E-state index in [1.165, 1.54) is 15.9 Å². The molecule has 7 heteroatoms. The average molecular weight is 378 g/mol. The van der Waals surface area contributed by atoms with Crippen LogP contribution in [-0.4, -0.2) is 25.7 Å². The molecule has 134 valence electrons. The Morgan fingerprint density at radius 1 is 1.11 bits per heavy atom. The van der Waals surface area contributed by atoms with Crippen LogP contribution in [-0.2, 0) is 6.54 Å². The van der Waals surface area contributed by atoms with Crippen molar-refractivity contribution in [2.75, 3.05) is 0 Å². The van der Waals surface area contributed by atoms with E-state index in [9.17, 15) is 19.8 Å². The lowest BCUT2D eigenvalue weighted by Gasteiger charge is -2.11. The van der Waals surface area contributed by atoms with Gasteiger partial charge in [0, 0.05) is 11.8 Å². The van der Waals surface area contributed by atoms with Crippen LogP contribution in [0.3, 0.4) is 0 Å². The fraction of sp³-hybridized carbons (Fsp3) is 0.0500. The predicted molar refractivity (Wildman–Crippen MR) is 103 cm³/mol. The number of nitrogens with zero attached hydrogens (tertiary/aromatic N) is 2. The molecule has 0 amide bonds. The second kappa shape index (κ2) is 6.69. The van der Waals surface area contributed by atoms with E-state index in [0.717, 1.165) is 16.8 Å². The first kappa shape index (κ1) is 17.0. The summed E-state index contributed by atoms with van der Waals surface area (Å²) in [5, 5.41) is 21.1. The van der Waals surface area contributed by atoms with Crippen LogP contribution in [0, 0.1) is 0 Å². The van der Waals surface area contributed by atoms with Gasteiger partial charge in [-0.1, -0.05) is 36.4 Å². The molecule has 3 heterocycles. The van der Waals surface area contributed by atoms with Crippen LogP contribution < -0.4 is 5.56 Å². The van der Waals surface area contributed by atoms with Gasteiger partial charge >= 0.3 is 5.97 Å². The van der Waals surface area contributed by atoms with E-state index in [1.807, 2.05) is 42.5 Å². The number of pyridine rings is 2. The Balaban J connectivity index is 1.75. The highest BCUT2D eigenvalue weighted by Crippen LogP contribution is 2.29. The normalized spacial score (nSPS) is 11.0. The predicted octanol–water partition coefficient (Wildman–Crippen LogP) is 3.58. The summed E-state index contributed by atoms with van der Waals surface area (Å²) in [4.78, 5) is 28.4. The summed E-state index contributed by atoms with van der Waals surface area (Å²) in [6.45, 7) is 0.182. The van der Waals surface area contributed by atoms with Crippen molar-refractivity contribution in [2.45, 2.75) is 6.54 Å². The number of aromatic nitrogens is 2. The van der Waals surface area contributed by atoms with E-state index in [2.05, 4.69) is 4.98 Å². The van der Waals surface area contributed by atoms with Gasteiger partial charge in [-0.25, -0.2) is 4.79 Å². The molecule has 0 saturated heterocycles. The molecular formula is C20H14N2O4S. The first-order valence-corrected chi connectivity index (χ1v) is 9.01. The van der Waals surface area contributed by atoms with Gasteiger partial charge in [0.1, 0.15) is 5.56 Å². The molecule has 27 heavy (non-hydrogen) atoms. The summed E-state index contributed by atoms with van der Waals surface area (Å²) in [6, 6.07) is 15.1. The molecule has 0 atom stereocenters. The molecule has 0 aliphatic heterocycles. The minimum Gasteiger partial charge on any atom is -0.502 e. The van der Waals surface area contributed by atoms with Crippen molar-refractivity contribution < 1.29 is 15.0 Å². The van der Waals surface area contributed by atoms with E-state index >= 15 is 0 Å². The van der Waals surface area contributed by atoms with Gasteiger partial charge in [0.2, 0.25) is 0 Å². The number of carboxylic acid groups (broad SMARTS) is 1. The number of carbonyl (C=O) groups is 1. The summed E-state index contributed by atoms with van der Waals surface area (Å²) >= 11 is 1.17. The van der Waals surface area contributed by atoms with Crippen molar-refractivity contribution in [1.29, 1.82) is 0 Å². The van der Waals surface area contributed by atoms with Crippen molar-refractivity contribution in [3.8, 4) is 17.0 Å². The number of rotatable bonds is 4. The maximum Gasteiger partial charge on any atom is 0.341 e. The number of hydrogen-bond acceptors (Lipinski definition) is 5. The van der Waals surface area contributed by atoms with Crippen molar-refractivity contribution >= 4 is 27.5 Å². The standard InChI is InChI=1S/C20H14N2O4S/c23-17-16(20(25)26)18-15(8-9-27-18)22(19(17)24)11-12-6-7-14(21-10-12)13-4-2-1-3-5-13/h1-10,23H,11H2,(H,25,26). The van der Waals surface area contributed by atoms with E-state index in [-0.39, 0.29) is 12.1 Å². The maximum atomic E-state index is 12.5. The van der Waals surface area contributed by atoms with E-state index in [0.29, 0.717) is 10.2 Å². The average Bonchev–Trinajstić information content (AvgIpc) is 3.15. The van der Waals surface area contributed by atoms with Gasteiger partial charge < -0.3 is 10.2 Å². The minimum absolute atomic E-state index is 0.182. The molecule has 0 bridgehead atoms. The number of fused-ring (bicyclic) bond motifs is 1. The Morgan fingerprint density at radius 2 is 1.89 bits per heavy atom. The minimum atomic E-state index is -1.32.